The van der Waals surface area contributed by atoms with Crippen molar-refractivity contribution in [2.24, 2.45) is 0 Å². The maximum atomic E-state index is 13.2. The highest BCUT2D eigenvalue weighted by atomic mass is 32.2. The number of nitrogens with zero attached hydrogens (tertiary/aromatic N) is 3. The average Bonchev–Trinajstić information content (AvgIpc) is 3.42. The van der Waals surface area contributed by atoms with Gasteiger partial charge in [-0.05, 0) is 43.2 Å². The number of carbonyl (C=O) groups is 1. The summed E-state index contributed by atoms with van der Waals surface area (Å²) >= 11 is 6.92. The number of hydrogen-bond donors (Lipinski definition) is 0. The maximum Gasteiger partial charge on any atom is 0.266 e. The second-order valence-electron chi connectivity index (χ2n) is 8.48. The topological polar surface area (TPSA) is 47.4 Å². The predicted octanol–water partition coefficient (Wildman–Crippen LogP) is 7.11. The Morgan fingerprint density at radius 2 is 1.86 bits per heavy atom. The van der Waals surface area contributed by atoms with Crippen molar-refractivity contribution in [2.75, 3.05) is 13.2 Å². The molecule has 4 rings (SSSR count). The normalized spacial score (nSPS) is 14.8. The van der Waals surface area contributed by atoms with Gasteiger partial charge in [0.1, 0.15) is 15.8 Å². The number of ether oxygens (including phenoxy) is 1. The van der Waals surface area contributed by atoms with Crippen LogP contribution in [-0.4, -0.2) is 38.1 Å². The zero-order valence-electron chi connectivity index (χ0n) is 20.3. The van der Waals surface area contributed by atoms with Crippen molar-refractivity contribution in [1.82, 2.24) is 14.7 Å². The minimum absolute atomic E-state index is 0.0186. The van der Waals surface area contributed by atoms with Crippen LogP contribution in [0.15, 0.2) is 65.7 Å². The molecule has 0 bridgehead atoms. The minimum atomic E-state index is -0.0186. The van der Waals surface area contributed by atoms with Crippen LogP contribution in [0, 0.1) is 0 Å². The first-order chi connectivity index (χ1) is 17.1. The number of amides is 1. The fraction of sp³-hybridized carbons (Fsp3) is 0.321. The number of aromatic nitrogens is 2. The highest BCUT2D eigenvalue weighted by molar-refractivity contribution is 8.26. The molecule has 0 saturated carbocycles. The highest BCUT2D eigenvalue weighted by Gasteiger charge is 2.32. The molecule has 0 radical (unpaired) electrons. The summed E-state index contributed by atoms with van der Waals surface area (Å²) in [7, 11) is 0. The maximum absolute atomic E-state index is 13.2. The summed E-state index contributed by atoms with van der Waals surface area (Å²) in [4.78, 5) is 15.6. The first-order valence-electron chi connectivity index (χ1n) is 12.2. The Labute approximate surface area is 217 Å². The lowest BCUT2D eigenvalue weighted by molar-refractivity contribution is -0.122. The number of hydrogen-bond acceptors (Lipinski definition) is 5. The molecule has 3 aromatic rings. The lowest BCUT2D eigenvalue weighted by Gasteiger charge is -2.13. The molecule has 1 saturated heterocycles. The Bertz CT molecular complexity index is 1200. The lowest BCUT2D eigenvalue weighted by atomic mass is 10.1. The van der Waals surface area contributed by atoms with E-state index in [1.54, 1.807) is 4.90 Å². The first kappa shape index (κ1) is 25.2. The van der Waals surface area contributed by atoms with Crippen LogP contribution in [0.25, 0.3) is 23.0 Å². The number of carbonyl (C=O) groups excluding carboxylic acids is 1. The molecular weight excluding hydrogens is 474 g/mol. The molecule has 5 nitrogen and oxygen atoms in total. The number of rotatable bonds is 11. The van der Waals surface area contributed by atoms with E-state index in [0.29, 0.717) is 22.4 Å². The summed E-state index contributed by atoms with van der Waals surface area (Å²) < 4.78 is 8.33. The van der Waals surface area contributed by atoms with Gasteiger partial charge in [-0.25, -0.2) is 4.68 Å². The van der Waals surface area contributed by atoms with Crippen molar-refractivity contribution in [3.8, 4) is 22.7 Å². The summed E-state index contributed by atoms with van der Waals surface area (Å²) in [6.45, 7) is 5.61. The summed E-state index contributed by atoms with van der Waals surface area (Å²) in [6, 6.07) is 17.9. The van der Waals surface area contributed by atoms with Gasteiger partial charge < -0.3 is 4.74 Å². The molecule has 2 heterocycles. The molecule has 2 aromatic carbocycles. The van der Waals surface area contributed by atoms with E-state index >= 15 is 0 Å². The van der Waals surface area contributed by atoms with Crippen LogP contribution in [0.1, 0.15) is 51.5 Å². The third-order valence-corrected chi connectivity index (χ3v) is 7.12. The smallest absolute Gasteiger partial charge is 0.266 e. The average molecular weight is 506 g/mol. The van der Waals surface area contributed by atoms with E-state index in [4.69, 9.17) is 22.1 Å². The number of unbranched alkanes of at least 4 members (excludes halogenated alkanes) is 3. The van der Waals surface area contributed by atoms with Crippen molar-refractivity contribution in [3.63, 3.8) is 0 Å². The third kappa shape index (κ3) is 6.21. The van der Waals surface area contributed by atoms with Crippen LogP contribution < -0.4 is 4.74 Å². The van der Waals surface area contributed by atoms with Gasteiger partial charge >= 0.3 is 0 Å². The fourth-order valence-electron chi connectivity index (χ4n) is 3.91. The van der Waals surface area contributed by atoms with E-state index < -0.39 is 0 Å². The largest absolute Gasteiger partial charge is 0.494 e. The van der Waals surface area contributed by atoms with Gasteiger partial charge in [0.2, 0.25) is 0 Å². The van der Waals surface area contributed by atoms with E-state index in [9.17, 15) is 4.79 Å². The van der Waals surface area contributed by atoms with Crippen LogP contribution in [0.4, 0.5) is 0 Å². The predicted molar refractivity (Wildman–Crippen MR) is 149 cm³/mol. The van der Waals surface area contributed by atoms with Crippen molar-refractivity contribution >= 4 is 40.3 Å². The molecule has 1 fully saturated rings. The van der Waals surface area contributed by atoms with Crippen LogP contribution in [0.2, 0.25) is 0 Å². The molecule has 0 aliphatic carbocycles. The zero-order chi connectivity index (χ0) is 24.6. The summed E-state index contributed by atoms with van der Waals surface area (Å²) in [5.41, 5.74) is 3.56. The van der Waals surface area contributed by atoms with E-state index in [1.807, 2.05) is 71.6 Å². The van der Waals surface area contributed by atoms with E-state index in [2.05, 4.69) is 13.8 Å². The summed E-state index contributed by atoms with van der Waals surface area (Å²) in [6.07, 6.45) is 9.25. The lowest BCUT2D eigenvalue weighted by Crippen LogP contribution is -2.29. The van der Waals surface area contributed by atoms with Crippen molar-refractivity contribution in [2.45, 2.75) is 46.0 Å². The Balaban J connectivity index is 1.67. The highest BCUT2D eigenvalue weighted by Crippen LogP contribution is 2.35. The number of benzene rings is 2. The molecule has 1 amide bonds. The first-order valence-corrected chi connectivity index (χ1v) is 13.5. The van der Waals surface area contributed by atoms with Crippen molar-refractivity contribution in [3.05, 3.63) is 71.3 Å². The van der Waals surface area contributed by atoms with Crippen molar-refractivity contribution < 1.29 is 9.53 Å². The molecule has 0 N–H and O–H groups in total. The van der Waals surface area contributed by atoms with Gasteiger partial charge in [-0.15, -0.1) is 0 Å². The van der Waals surface area contributed by atoms with E-state index in [-0.39, 0.29) is 5.91 Å². The Hall–Kier alpha value is -2.90. The van der Waals surface area contributed by atoms with Gasteiger partial charge in [-0.2, -0.15) is 5.10 Å². The van der Waals surface area contributed by atoms with Gasteiger partial charge in [-0.3, -0.25) is 9.69 Å². The summed E-state index contributed by atoms with van der Waals surface area (Å²) in [5, 5.41) is 4.90. The van der Waals surface area contributed by atoms with Gasteiger partial charge in [0.25, 0.3) is 5.91 Å². The Kier molecular flexibility index (Phi) is 8.77. The second kappa shape index (κ2) is 12.2. The third-order valence-electron chi connectivity index (χ3n) is 5.74. The number of para-hydroxylation sites is 1. The van der Waals surface area contributed by atoms with Gasteiger partial charge in [-0.1, -0.05) is 87.4 Å². The molecule has 182 valence electrons. The van der Waals surface area contributed by atoms with Gasteiger partial charge in [0, 0.05) is 23.9 Å². The van der Waals surface area contributed by atoms with E-state index in [1.165, 1.54) is 18.2 Å². The van der Waals surface area contributed by atoms with Gasteiger partial charge in [0.05, 0.1) is 17.2 Å². The molecule has 1 aliphatic rings. The molecular formula is C28H31N3O2S2. The second-order valence-corrected chi connectivity index (χ2v) is 10.2. The van der Waals surface area contributed by atoms with Gasteiger partial charge in [0.15, 0.2) is 0 Å². The summed E-state index contributed by atoms with van der Waals surface area (Å²) in [5.74, 6) is 0.790. The molecule has 7 heteroatoms. The number of thiocarbonyl (C=S) groups is 1. The molecule has 0 spiro atoms. The van der Waals surface area contributed by atoms with Crippen molar-refractivity contribution in [1.29, 1.82) is 0 Å². The van der Waals surface area contributed by atoms with Crippen LogP contribution in [-0.2, 0) is 4.79 Å². The number of thioether (sulfide) groups is 1. The standard InChI is InChI=1S/C28H31N3O2S2/c1-3-5-6-10-16-30-27(32)25(35-28(30)34)19-22-20-31(23-13-8-7-9-14-23)29-26(22)21-12-11-15-24(18-21)33-17-4-2/h7-9,11-15,18-20H,3-6,10,16-17H2,1-2H3. The fourth-order valence-corrected chi connectivity index (χ4v) is 5.21. The van der Waals surface area contributed by atoms with Crippen LogP contribution in [0.5, 0.6) is 5.75 Å². The minimum Gasteiger partial charge on any atom is -0.494 e. The Morgan fingerprint density at radius 1 is 1.03 bits per heavy atom. The van der Waals surface area contributed by atoms with E-state index in [0.717, 1.165) is 53.9 Å². The SMILES string of the molecule is CCCCCCN1C(=O)C(=Cc2cn(-c3ccccc3)nc2-c2cccc(OCCC)c2)SC1=S. The Morgan fingerprint density at radius 3 is 2.63 bits per heavy atom. The quantitative estimate of drug-likeness (QED) is 0.158. The monoisotopic (exact) mass is 505 g/mol. The molecule has 0 unspecified atom stereocenters. The zero-order valence-corrected chi connectivity index (χ0v) is 21.9. The molecule has 1 aliphatic heterocycles. The molecule has 35 heavy (non-hydrogen) atoms. The van der Waals surface area contributed by atoms with Crippen LogP contribution in [0.3, 0.4) is 0 Å². The van der Waals surface area contributed by atoms with Crippen LogP contribution >= 0.6 is 24.0 Å². The molecule has 1 aromatic heterocycles. The molecule has 0 atom stereocenters.